The predicted octanol–water partition coefficient (Wildman–Crippen LogP) is 3.67. The standard InChI is InChI=1S/C28H38N2O4/c1-4-15-29-16-14-27-23-19-8-9-21(32)24(23)34-25(27)20(10-13-28(27,33)22(29)17-19)30(18(2)31)26(3)11-6-5-7-12-26/h4,8-9,20,22,25,32-33H,1,5-7,10-17H2,2-3H3/t20-,22+,25-,27-,28+/m0/s1. The number of ether oxygens (including phenoxy) is 1. The number of piperidine rings is 1. The van der Waals surface area contributed by atoms with Gasteiger partial charge in [-0.3, -0.25) is 9.69 Å². The van der Waals surface area contributed by atoms with Gasteiger partial charge in [0.1, 0.15) is 6.10 Å². The maximum Gasteiger partial charge on any atom is 0.220 e. The van der Waals surface area contributed by atoms with Crippen molar-refractivity contribution in [3.8, 4) is 11.5 Å². The molecule has 6 nitrogen and oxygen atoms in total. The lowest BCUT2D eigenvalue weighted by atomic mass is 9.48. The van der Waals surface area contributed by atoms with Gasteiger partial charge in [-0.15, -0.1) is 6.58 Å². The normalized spacial score (nSPS) is 37.4. The largest absolute Gasteiger partial charge is 0.504 e. The van der Waals surface area contributed by atoms with Crippen LogP contribution in [-0.2, 0) is 16.6 Å². The van der Waals surface area contributed by atoms with Crippen LogP contribution >= 0.6 is 0 Å². The van der Waals surface area contributed by atoms with Crippen molar-refractivity contribution in [1.82, 2.24) is 9.80 Å². The summed E-state index contributed by atoms with van der Waals surface area (Å²) in [5, 5.41) is 23.4. The molecule has 6 rings (SSSR count). The predicted molar refractivity (Wildman–Crippen MR) is 130 cm³/mol. The Balaban J connectivity index is 1.51. The van der Waals surface area contributed by atoms with Crippen LogP contribution in [0.4, 0.5) is 0 Å². The smallest absolute Gasteiger partial charge is 0.220 e. The Bertz CT molecular complexity index is 1030. The second-order valence-corrected chi connectivity index (χ2v) is 11.7. The first-order valence-electron chi connectivity index (χ1n) is 13.2. The lowest BCUT2D eigenvalue weighted by molar-refractivity contribution is -0.206. The summed E-state index contributed by atoms with van der Waals surface area (Å²) < 4.78 is 6.71. The van der Waals surface area contributed by atoms with Gasteiger partial charge in [0.2, 0.25) is 5.91 Å². The molecular weight excluding hydrogens is 428 g/mol. The Morgan fingerprint density at radius 3 is 2.74 bits per heavy atom. The fourth-order valence-electron chi connectivity index (χ4n) is 8.82. The van der Waals surface area contributed by atoms with E-state index in [-0.39, 0.29) is 35.4 Å². The number of carbonyl (C=O) groups is 1. The van der Waals surface area contributed by atoms with Crippen LogP contribution in [-0.4, -0.2) is 68.3 Å². The Hall–Kier alpha value is -2.05. The highest BCUT2D eigenvalue weighted by molar-refractivity contribution is 5.75. The second-order valence-electron chi connectivity index (χ2n) is 11.7. The van der Waals surface area contributed by atoms with E-state index >= 15 is 0 Å². The maximum atomic E-state index is 13.3. The Morgan fingerprint density at radius 1 is 1.26 bits per heavy atom. The Kier molecular flexibility index (Phi) is 4.93. The third kappa shape index (κ3) is 2.67. The van der Waals surface area contributed by atoms with Crippen molar-refractivity contribution < 1.29 is 19.7 Å². The minimum Gasteiger partial charge on any atom is -0.504 e. The van der Waals surface area contributed by atoms with E-state index in [4.69, 9.17) is 4.74 Å². The number of aliphatic hydroxyl groups is 1. The summed E-state index contributed by atoms with van der Waals surface area (Å²) in [6, 6.07) is 3.61. The van der Waals surface area contributed by atoms with E-state index in [0.717, 1.165) is 62.7 Å². The summed E-state index contributed by atoms with van der Waals surface area (Å²) >= 11 is 0. The molecule has 34 heavy (non-hydrogen) atoms. The summed E-state index contributed by atoms with van der Waals surface area (Å²) in [6.45, 7) is 9.48. The number of phenolic OH excluding ortho intramolecular Hbond substituents is 1. The average molecular weight is 467 g/mol. The Labute approximate surface area is 202 Å². The minimum absolute atomic E-state index is 0.0228. The van der Waals surface area contributed by atoms with Crippen molar-refractivity contribution in [2.24, 2.45) is 0 Å². The molecule has 1 spiro atoms. The lowest BCUT2D eigenvalue weighted by Gasteiger charge is -2.65. The average Bonchev–Trinajstić information content (AvgIpc) is 3.15. The van der Waals surface area contributed by atoms with Crippen molar-refractivity contribution in [3.63, 3.8) is 0 Å². The van der Waals surface area contributed by atoms with Crippen LogP contribution in [0.1, 0.15) is 76.3 Å². The zero-order valence-corrected chi connectivity index (χ0v) is 20.6. The number of benzene rings is 1. The first-order chi connectivity index (χ1) is 16.3. The van der Waals surface area contributed by atoms with Crippen LogP contribution in [0.3, 0.4) is 0 Å². The third-order valence-electron chi connectivity index (χ3n) is 10.1. The molecule has 2 saturated carbocycles. The van der Waals surface area contributed by atoms with Gasteiger partial charge in [-0.25, -0.2) is 0 Å². The molecule has 1 aromatic carbocycles. The minimum atomic E-state index is -0.961. The van der Waals surface area contributed by atoms with Gasteiger partial charge >= 0.3 is 0 Å². The number of amides is 1. The number of nitrogens with zero attached hydrogens (tertiary/aromatic N) is 2. The highest BCUT2D eigenvalue weighted by atomic mass is 16.5. The highest BCUT2D eigenvalue weighted by Gasteiger charge is 2.73. The highest BCUT2D eigenvalue weighted by Crippen LogP contribution is 2.66. The van der Waals surface area contributed by atoms with Crippen LogP contribution in [0.25, 0.3) is 0 Å². The quantitative estimate of drug-likeness (QED) is 0.663. The molecule has 2 heterocycles. The molecular formula is C28H38N2O4. The number of carbonyl (C=O) groups excluding carboxylic acids is 1. The molecule has 5 aliphatic rings. The first-order valence-corrected chi connectivity index (χ1v) is 13.2. The summed E-state index contributed by atoms with van der Waals surface area (Å²) in [5.74, 6) is 0.784. The van der Waals surface area contributed by atoms with E-state index in [9.17, 15) is 15.0 Å². The zero-order valence-electron chi connectivity index (χ0n) is 20.6. The molecule has 6 heteroatoms. The van der Waals surface area contributed by atoms with E-state index in [1.165, 1.54) is 6.42 Å². The number of hydrogen-bond donors (Lipinski definition) is 2. The van der Waals surface area contributed by atoms with Gasteiger partial charge in [-0.2, -0.15) is 0 Å². The number of hydrogen-bond acceptors (Lipinski definition) is 5. The second kappa shape index (κ2) is 7.47. The van der Waals surface area contributed by atoms with Crippen molar-refractivity contribution in [3.05, 3.63) is 35.9 Å². The van der Waals surface area contributed by atoms with E-state index in [1.807, 2.05) is 12.1 Å². The van der Waals surface area contributed by atoms with Crippen molar-refractivity contribution in [2.75, 3.05) is 13.1 Å². The zero-order chi connectivity index (χ0) is 23.9. The molecule has 2 N–H and O–H groups in total. The van der Waals surface area contributed by atoms with Crippen molar-refractivity contribution in [2.45, 2.75) is 106 Å². The molecule has 3 aliphatic carbocycles. The summed E-state index contributed by atoms with van der Waals surface area (Å²) in [7, 11) is 0. The van der Waals surface area contributed by atoms with E-state index < -0.39 is 11.0 Å². The van der Waals surface area contributed by atoms with E-state index in [2.05, 4.69) is 23.3 Å². The topological polar surface area (TPSA) is 73.2 Å². The van der Waals surface area contributed by atoms with Crippen LogP contribution in [0, 0.1) is 0 Å². The first kappa shape index (κ1) is 22.4. The molecule has 1 aromatic rings. The van der Waals surface area contributed by atoms with Gasteiger partial charge < -0.3 is 19.8 Å². The summed E-state index contributed by atoms with van der Waals surface area (Å²) in [4.78, 5) is 17.8. The lowest BCUT2D eigenvalue weighted by Crippen LogP contribution is -2.79. The fraction of sp³-hybridized carbons (Fsp3) is 0.679. The summed E-state index contributed by atoms with van der Waals surface area (Å²) in [6.07, 6.45) is 9.90. The molecule has 0 aromatic heterocycles. The number of likely N-dealkylation sites (tertiary alicyclic amines) is 1. The number of rotatable bonds is 4. The van der Waals surface area contributed by atoms with Crippen molar-refractivity contribution >= 4 is 5.91 Å². The molecule has 3 fully saturated rings. The van der Waals surface area contributed by atoms with Crippen LogP contribution in [0.2, 0.25) is 0 Å². The van der Waals surface area contributed by atoms with Crippen molar-refractivity contribution in [1.29, 1.82) is 0 Å². The molecule has 1 saturated heterocycles. The van der Waals surface area contributed by atoms with Gasteiger partial charge in [-0.1, -0.05) is 31.4 Å². The monoisotopic (exact) mass is 466 g/mol. The van der Waals surface area contributed by atoms with Gasteiger partial charge in [-0.05, 0) is 63.6 Å². The van der Waals surface area contributed by atoms with Crippen LogP contribution in [0.15, 0.2) is 24.8 Å². The van der Waals surface area contributed by atoms with Crippen LogP contribution in [0.5, 0.6) is 11.5 Å². The van der Waals surface area contributed by atoms with Gasteiger partial charge in [0.25, 0.3) is 0 Å². The van der Waals surface area contributed by atoms with Gasteiger partial charge in [0.15, 0.2) is 11.5 Å². The Morgan fingerprint density at radius 2 is 2.03 bits per heavy atom. The summed E-state index contributed by atoms with van der Waals surface area (Å²) in [5.41, 5.74) is 0.409. The molecule has 1 amide bonds. The van der Waals surface area contributed by atoms with E-state index in [0.29, 0.717) is 18.6 Å². The SMILES string of the molecule is C=CCN1CC[C@]23c4c5ccc(O)c4O[C@H]2[C@@H](N(C(C)=O)C2(C)CCCCC2)CC[C@@]3(O)[C@H]1C5. The third-order valence-corrected chi connectivity index (χ3v) is 10.1. The van der Waals surface area contributed by atoms with E-state index in [1.54, 1.807) is 13.0 Å². The van der Waals surface area contributed by atoms with Gasteiger partial charge in [0, 0.05) is 30.6 Å². The molecule has 2 bridgehead atoms. The molecule has 184 valence electrons. The molecule has 5 atom stereocenters. The molecule has 0 unspecified atom stereocenters. The van der Waals surface area contributed by atoms with Gasteiger partial charge in [0.05, 0.1) is 17.1 Å². The number of aromatic hydroxyl groups is 1. The fourth-order valence-corrected chi connectivity index (χ4v) is 8.82. The molecule has 2 aliphatic heterocycles. The maximum absolute atomic E-state index is 13.3. The molecule has 0 radical (unpaired) electrons. The number of phenols is 1. The van der Waals surface area contributed by atoms with Crippen LogP contribution < -0.4 is 4.74 Å².